The third-order valence-electron chi connectivity index (χ3n) is 1.87. The Morgan fingerprint density at radius 3 is 2.88 bits per heavy atom. The highest BCUT2D eigenvalue weighted by Gasteiger charge is 2.28. The predicted molar refractivity (Wildman–Crippen MR) is 48.3 cm³/mol. The SMILES string of the molecule is Nc1nc(=O)c2c3ncn2OS(=O)(=O)On13. The van der Waals surface area contributed by atoms with Gasteiger partial charge in [0, 0.05) is 0 Å². The largest absolute Gasteiger partial charge is 0.540 e. The molecule has 3 heterocycles. The van der Waals surface area contributed by atoms with Gasteiger partial charge in [0.05, 0.1) is 0 Å². The number of anilines is 1. The van der Waals surface area contributed by atoms with Crippen LogP contribution in [0.4, 0.5) is 5.95 Å². The van der Waals surface area contributed by atoms with E-state index in [0.717, 1.165) is 6.33 Å². The average Bonchev–Trinajstić information content (AvgIpc) is 2.50. The molecule has 0 saturated carbocycles. The van der Waals surface area contributed by atoms with Crippen molar-refractivity contribution < 1.29 is 17.0 Å². The Labute approximate surface area is 87.1 Å². The van der Waals surface area contributed by atoms with Crippen molar-refractivity contribution in [3.63, 3.8) is 0 Å². The minimum Gasteiger partial charge on any atom is -0.367 e. The molecule has 4 bridgehead atoms. The molecule has 3 rings (SSSR count). The van der Waals surface area contributed by atoms with Gasteiger partial charge in [0.15, 0.2) is 5.52 Å². The van der Waals surface area contributed by atoms with Gasteiger partial charge in [-0.25, -0.2) is 4.98 Å². The molecule has 0 radical (unpaired) electrons. The summed E-state index contributed by atoms with van der Waals surface area (Å²) in [6, 6.07) is 0. The van der Waals surface area contributed by atoms with Crippen LogP contribution in [-0.4, -0.2) is 27.8 Å². The molecule has 0 aromatic carbocycles. The lowest BCUT2D eigenvalue weighted by Crippen LogP contribution is -2.29. The smallest absolute Gasteiger partial charge is 0.367 e. The van der Waals surface area contributed by atoms with Crippen LogP contribution < -0.4 is 19.9 Å². The number of nitrogens with zero attached hydrogens (tertiary/aromatic N) is 4. The fraction of sp³-hybridized carbons (Fsp3) is 0. The fourth-order valence-electron chi connectivity index (χ4n) is 1.31. The molecule has 10 nitrogen and oxygen atoms in total. The molecule has 0 atom stereocenters. The average molecular weight is 245 g/mol. The van der Waals surface area contributed by atoms with Crippen LogP contribution in [0.3, 0.4) is 0 Å². The summed E-state index contributed by atoms with van der Waals surface area (Å²) in [5.74, 6) is -0.433. The lowest BCUT2D eigenvalue weighted by molar-refractivity contribution is 0.199. The van der Waals surface area contributed by atoms with Gasteiger partial charge in [0.25, 0.3) is 0 Å². The van der Waals surface area contributed by atoms with Crippen LogP contribution in [-0.2, 0) is 10.4 Å². The van der Waals surface area contributed by atoms with Crippen molar-refractivity contribution in [2.75, 3.05) is 5.73 Å². The first-order valence-corrected chi connectivity index (χ1v) is 5.22. The Hall–Kier alpha value is -2.30. The summed E-state index contributed by atoms with van der Waals surface area (Å²) in [6.07, 6.45) is 1.00. The normalized spacial score (nSPS) is 16.8. The van der Waals surface area contributed by atoms with Crippen molar-refractivity contribution in [3.8, 4) is 0 Å². The van der Waals surface area contributed by atoms with E-state index < -0.39 is 21.9 Å². The van der Waals surface area contributed by atoms with Crippen molar-refractivity contribution >= 4 is 27.5 Å². The van der Waals surface area contributed by atoms with Crippen molar-refractivity contribution in [2.24, 2.45) is 0 Å². The standard InChI is InChI=1S/C5H3N5O5S/c6-5-8-4(11)2-3-7-1-9(2)14-16(12,13)15-10(3)5/h1H,(H2,6,8,11). The maximum Gasteiger partial charge on any atom is 0.540 e. The summed E-state index contributed by atoms with van der Waals surface area (Å²) in [6.45, 7) is 0. The van der Waals surface area contributed by atoms with E-state index in [0.29, 0.717) is 9.46 Å². The lowest BCUT2D eigenvalue weighted by atomic mass is 10.5. The van der Waals surface area contributed by atoms with Crippen LogP contribution in [0.1, 0.15) is 0 Å². The van der Waals surface area contributed by atoms with Gasteiger partial charge in [-0.15, -0.1) is 17.9 Å². The highest BCUT2D eigenvalue weighted by Crippen LogP contribution is 2.13. The summed E-state index contributed by atoms with van der Waals surface area (Å²) in [5, 5.41) is 0. The molecule has 11 heteroatoms. The summed E-state index contributed by atoms with van der Waals surface area (Å²) in [4.78, 5) is 18.5. The van der Waals surface area contributed by atoms with Crippen LogP contribution in [0.15, 0.2) is 11.1 Å². The Morgan fingerprint density at radius 2 is 2.12 bits per heavy atom. The molecule has 16 heavy (non-hydrogen) atoms. The fourth-order valence-corrected chi connectivity index (χ4v) is 1.97. The van der Waals surface area contributed by atoms with Crippen LogP contribution in [0.5, 0.6) is 0 Å². The number of rotatable bonds is 0. The zero-order valence-electron chi connectivity index (χ0n) is 7.39. The molecule has 2 N–H and O–H groups in total. The van der Waals surface area contributed by atoms with Gasteiger partial charge < -0.3 is 5.73 Å². The molecular formula is C5H3N5O5S. The summed E-state index contributed by atoms with van der Waals surface area (Å²) in [5.41, 5.74) is 4.32. The first-order chi connectivity index (χ1) is 7.48. The van der Waals surface area contributed by atoms with Crippen LogP contribution in [0.2, 0.25) is 0 Å². The first-order valence-electron chi connectivity index (χ1n) is 3.88. The molecule has 0 aliphatic carbocycles. The first kappa shape index (κ1) is 8.96. The van der Waals surface area contributed by atoms with Crippen molar-refractivity contribution in [3.05, 3.63) is 16.7 Å². The monoisotopic (exact) mass is 245 g/mol. The summed E-state index contributed by atoms with van der Waals surface area (Å²) >= 11 is 0. The molecule has 0 saturated heterocycles. The molecule has 0 fully saturated rings. The second kappa shape index (κ2) is 2.44. The predicted octanol–water partition coefficient (Wildman–Crippen LogP) is -2.71. The molecule has 1 aliphatic heterocycles. The van der Waals surface area contributed by atoms with E-state index in [-0.39, 0.29) is 11.2 Å². The van der Waals surface area contributed by atoms with E-state index in [1.165, 1.54) is 0 Å². The molecule has 1 aliphatic rings. The zero-order valence-corrected chi connectivity index (χ0v) is 8.21. The van der Waals surface area contributed by atoms with Crippen LogP contribution in [0, 0.1) is 0 Å². The molecule has 84 valence electrons. The number of hydrogen-bond acceptors (Lipinski definition) is 8. The minimum absolute atomic E-state index is 0.0847. The number of nitrogen functional groups attached to an aromatic ring is 1. The van der Waals surface area contributed by atoms with E-state index in [9.17, 15) is 13.2 Å². The van der Waals surface area contributed by atoms with Crippen molar-refractivity contribution in [2.45, 2.75) is 0 Å². The van der Waals surface area contributed by atoms with E-state index in [1.807, 2.05) is 0 Å². The Morgan fingerprint density at radius 1 is 1.38 bits per heavy atom. The van der Waals surface area contributed by atoms with Crippen LogP contribution in [0.25, 0.3) is 11.2 Å². The summed E-state index contributed by atoms with van der Waals surface area (Å²) in [7, 11) is -4.35. The van der Waals surface area contributed by atoms with Crippen LogP contribution >= 0.6 is 0 Å². The molecule has 0 amide bonds. The number of imidazole rings is 1. The maximum atomic E-state index is 11.4. The summed E-state index contributed by atoms with van der Waals surface area (Å²) < 4.78 is 32.5. The Balaban J connectivity index is 2.59. The Kier molecular flexibility index (Phi) is 1.37. The molecule has 0 spiro atoms. The molecular weight excluding hydrogens is 242 g/mol. The maximum absolute atomic E-state index is 11.4. The number of aromatic nitrogens is 4. The quantitative estimate of drug-likeness (QED) is 0.530. The third-order valence-corrected chi connectivity index (χ3v) is 2.55. The van der Waals surface area contributed by atoms with E-state index in [1.54, 1.807) is 0 Å². The van der Waals surface area contributed by atoms with Gasteiger partial charge in [-0.05, 0) is 0 Å². The second-order valence-electron chi connectivity index (χ2n) is 2.87. The molecule has 2 aromatic rings. The number of hydrogen-bond donors (Lipinski definition) is 1. The number of nitrogens with two attached hydrogens (primary N) is 1. The van der Waals surface area contributed by atoms with E-state index in [2.05, 4.69) is 18.5 Å². The van der Waals surface area contributed by atoms with Gasteiger partial charge >= 0.3 is 16.0 Å². The lowest BCUT2D eigenvalue weighted by Gasteiger charge is -2.06. The highest BCUT2D eigenvalue weighted by atomic mass is 32.3. The van der Waals surface area contributed by atoms with E-state index in [4.69, 9.17) is 5.73 Å². The van der Waals surface area contributed by atoms with Gasteiger partial charge in [-0.3, -0.25) is 13.4 Å². The van der Waals surface area contributed by atoms with Gasteiger partial charge in [-0.1, -0.05) is 0 Å². The second-order valence-corrected chi connectivity index (χ2v) is 3.98. The Bertz CT molecular complexity index is 757. The highest BCUT2D eigenvalue weighted by molar-refractivity contribution is 7.82. The van der Waals surface area contributed by atoms with Gasteiger partial charge in [-0.2, -0.15) is 4.98 Å². The third kappa shape index (κ3) is 0.995. The minimum atomic E-state index is -4.35. The van der Waals surface area contributed by atoms with Gasteiger partial charge in [0.2, 0.25) is 11.6 Å². The molecule has 0 unspecified atom stereocenters. The molecule has 2 aromatic heterocycles. The van der Waals surface area contributed by atoms with E-state index >= 15 is 0 Å². The van der Waals surface area contributed by atoms with Gasteiger partial charge in [0.1, 0.15) is 6.33 Å². The van der Waals surface area contributed by atoms with Crippen molar-refractivity contribution in [1.82, 2.24) is 19.4 Å². The zero-order chi connectivity index (χ0) is 11.5. The van der Waals surface area contributed by atoms with Crippen molar-refractivity contribution in [1.29, 1.82) is 0 Å². The topological polar surface area (TPSA) is 131 Å².